The van der Waals surface area contributed by atoms with Crippen molar-refractivity contribution in [2.75, 3.05) is 13.2 Å². The second-order valence-corrected chi connectivity index (χ2v) is 8.05. The lowest BCUT2D eigenvalue weighted by molar-refractivity contribution is -0.148. The van der Waals surface area contributed by atoms with Crippen LogP contribution in [0.5, 0.6) is 0 Å². The molecular formula is C24H50O3. The summed E-state index contributed by atoms with van der Waals surface area (Å²) < 4.78 is 12.1. The van der Waals surface area contributed by atoms with E-state index in [2.05, 4.69) is 20.8 Å². The third kappa shape index (κ3) is 20.4. The fourth-order valence-corrected chi connectivity index (χ4v) is 3.30. The maximum Gasteiger partial charge on any atom is 0.157 e. The third-order valence-electron chi connectivity index (χ3n) is 5.30. The highest BCUT2D eigenvalue weighted by molar-refractivity contribution is 4.55. The molecule has 0 radical (unpaired) electrons. The van der Waals surface area contributed by atoms with Crippen LogP contribution in [0.3, 0.4) is 0 Å². The van der Waals surface area contributed by atoms with Crippen LogP contribution in [0.1, 0.15) is 130 Å². The highest BCUT2D eigenvalue weighted by Crippen LogP contribution is 2.14. The van der Waals surface area contributed by atoms with Gasteiger partial charge in [-0.1, -0.05) is 91.4 Å². The second-order valence-electron chi connectivity index (χ2n) is 8.05. The van der Waals surface area contributed by atoms with Crippen molar-refractivity contribution in [1.82, 2.24) is 0 Å². The van der Waals surface area contributed by atoms with Crippen molar-refractivity contribution in [1.29, 1.82) is 0 Å². The smallest absolute Gasteiger partial charge is 0.157 e. The summed E-state index contributed by atoms with van der Waals surface area (Å²) >= 11 is 0. The number of ether oxygens (including phenoxy) is 2. The Kier molecular flexibility index (Phi) is 22.1. The van der Waals surface area contributed by atoms with Gasteiger partial charge in [0.2, 0.25) is 0 Å². The molecule has 0 saturated carbocycles. The SMILES string of the molecule is CCCCCCCOC(CCCCCCC(O)CC)OCCCCCCC. The van der Waals surface area contributed by atoms with E-state index >= 15 is 0 Å². The molecule has 0 aliphatic rings. The lowest BCUT2D eigenvalue weighted by Gasteiger charge is -2.19. The average molecular weight is 387 g/mol. The number of unbranched alkanes of at least 4 members (excludes halogenated alkanes) is 11. The standard InChI is InChI=1S/C24H50O3/c1-4-7-9-13-17-21-26-24(27-22-18-14-10-8-5-2)20-16-12-11-15-19-23(25)6-3/h23-25H,4-22H2,1-3H3. The van der Waals surface area contributed by atoms with Crippen molar-refractivity contribution in [3.63, 3.8) is 0 Å². The van der Waals surface area contributed by atoms with E-state index in [1.807, 2.05) is 0 Å². The summed E-state index contributed by atoms with van der Waals surface area (Å²) in [5.74, 6) is 0. The number of hydrogen-bond acceptors (Lipinski definition) is 3. The molecule has 0 saturated heterocycles. The van der Waals surface area contributed by atoms with E-state index in [4.69, 9.17) is 9.47 Å². The Morgan fingerprint density at radius 3 is 1.48 bits per heavy atom. The Hall–Kier alpha value is -0.120. The van der Waals surface area contributed by atoms with Crippen LogP contribution in [-0.4, -0.2) is 30.7 Å². The molecule has 0 fully saturated rings. The fraction of sp³-hybridized carbons (Fsp3) is 1.00. The van der Waals surface area contributed by atoms with Gasteiger partial charge in [0.05, 0.1) is 6.10 Å². The molecule has 0 aromatic carbocycles. The monoisotopic (exact) mass is 386 g/mol. The molecule has 1 atom stereocenters. The number of hydrogen-bond donors (Lipinski definition) is 1. The van der Waals surface area contributed by atoms with Crippen LogP contribution in [0.25, 0.3) is 0 Å². The van der Waals surface area contributed by atoms with Gasteiger partial charge in [-0.15, -0.1) is 0 Å². The first-order chi connectivity index (χ1) is 13.2. The van der Waals surface area contributed by atoms with E-state index in [9.17, 15) is 5.11 Å². The number of rotatable bonds is 22. The van der Waals surface area contributed by atoms with Crippen molar-refractivity contribution in [2.45, 2.75) is 142 Å². The van der Waals surface area contributed by atoms with Gasteiger partial charge in [0, 0.05) is 13.2 Å². The van der Waals surface area contributed by atoms with E-state index in [-0.39, 0.29) is 12.4 Å². The van der Waals surface area contributed by atoms with Crippen LogP contribution in [0.15, 0.2) is 0 Å². The highest BCUT2D eigenvalue weighted by atomic mass is 16.7. The van der Waals surface area contributed by atoms with Gasteiger partial charge in [-0.05, 0) is 38.5 Å². The van der Waals surface area contributed by atoms with Gasteiger partial charge in [-0.2, -0.15) is 0 Å². The average Bonchev–Trinajstić information content (AvgIpc) is 2.68. The van der Waals surface area contributed by atoms with Gasteiger partial charge >= 0.3 is 0 Å². The lowest BCUT2D eigenvalue weighted by atomic mass is 10.1. The molecule has 0 amide bonds. The summed E-state index contributed by atoms with van der Waals surface area (Å²) in [6, 6.07) is 0. The van der Waals surface area contributed by atoms with Gasteiger partial charge in [-0.25, -0.2) is 0 Å². The predicted octanol–water partition coefficient (Wildman–Crippen LogP) is 7.40. The van der Waals surface area contributed by atoms with E-state index in [1.165, 1.54) is 70.6 Å². The molecule has 1 N–H and O–H groups in total. The zero-order chi connectivity index (χ0) is 20.0. The molecule has 0 aromatic heterocycles. The summed E-state index contributed by atoms with van der Waals surface area (Å²) in [6.07, 6.45) is 20.2. The van der Waals surface area contributed by atoms with Crippen LogP contribution in [0.4, 0.5) is 0 Å². The van der Waals surface area contributed by atoms with E-state index in [0.717, 1.165) is 51.7 Å². The van der Waals surface area contributed by atoms with Crippen molar-refractivity contribution >= 4 is 0 Å². The molecule has 0 heterocycles. The molecule has 27 heavy (non-hydrogen) atoms. The molecule has 0 aliphatic heterocycles. The van der Waals surface area contributed by atoms with Crippen LogP contribution < -0.4 is 0 Å². The van der Waals surface area contributed by atoms with Crippen LogP contribution in [0, 0.1) is 0 Å². The second kappa shape index (κ2) is 22.2. The lowest BCUT2D eigenvalue weighted by Crippen LogP contribution is -2.19. The Morgan fingerprint density at radius 2 is 1.00 bits per heavy atom. The van der Waals surface area contributed by atoms with Crippen molar-refractivity contribution in [3.05, 3.63) is 0 Å². The first-order valence-electron chi connectivity index (χ1n) is 12.2. The van der Waals surface area contributed by atoms with E-state index in [1.54, 1.807) is 0 Å². The molecule has 0 bridgehead atoms. The molecular weight excluding hydrogens is 336 g/mol. The Labute approximate surface area is 170 Å². The van der Waals surface area contributed by atoms with Gasteiger partial charge in [0.25, 0.3) is 0 Å². The molecule has 0 rings (SSSR count). The molecule has 0 aliphatic carbocycles. The quantitative estimate of drug-likeness (QED) is 0.156. The fourth-order valence-electron chi connectivity index (χ4n) is 3.30. The van der Waals surface area contributed by atoms with Crippen molar-refractivity contribution in [3.8, 4) is 0 Å². The molecule has 0 spiro atoms. The Morgan fingerprint density at radius 1 is 0.556 bits per heavy atom. The van der Waals surface area contributed by atoms with Crippen LogP contribution >= 0.6 is 0 Å². The minimum absolute atomic E-state index is 0.0106. The molecule has 3 nitrogen and oxygen atoms in total. The summed E-state index contributed by atoms with van der Waals surface area (Å²) in [6.45, 7) is 8.24. The molecule has 1 unspecified atom stereocenters. The van der Waals surface area contributed by atoms with Crippen LogP contribution in [-0.2, 0) is 9.47 Å². The zero-order valence-corrected chi connectivity index (χ0v) is 18.9. The first-order valence-corrected chi connectivity index (χ1v) is 12.2. The van der Waals surface area contributed by atoms with Gasteiger partial charge in [0.15, 0.2) is 6.29 Å². The summed E-state index contributed by atoms with van der Waals surface area (Å²) in [7, 11) is 0. The minimum Gasteiger partial charge on any atom is -0.393 e. The summed E-state index contributed by atoms with van der Waals surface area (Å²) in [5, 5.41) is 9.61. The zero-order valence-electron chi connectivity index (χ0n) is 18.9. The van der Waals surface area contributed by atoms with E-state index in [0.29, 0.717) is 0 Å². The highest BCUT2D eigenvalue weighted by Gasteiger charge is 2.09. The Bertz CT molecular complexity index is 254. The van der Waals surface area contributed by atoms with Crippen molar-refractivity contribution < 1.29 is 14.6 Å². The number of aliphatic hydroxyl groups excluding tert-OH is 1. The van der Waals surface area contributed by atoms with Crippen molar-refractivity contribution in [2.24, 2.45) is 0 Å². The van der Waals surface area contributed by atoms with Gasteiger partial charge < -0.3 is 14.6 Å². The normalized spacial score (nSPS) is 12.8. The Balaban J connectivity index is 3.83. The molecule has 0 aromatic rings. The first kappa shape index (κ1) is 26.9. The summed E-state index contributed by atoms with van der Waals surface area (Å²) in [4.78, 5) is 0. The van der Waals surface area contributed by atoms with Crippen LogP contribution in [0.2, 0.25) is 0 Å². The third-order valence-corrected chi connectivity index (χ3v) is 5.30. The predicted molar refractivity (Wildman–Crippen MR) is 117 cm³/mol. The maximum atomic E-state index is 9.61. The largest absolute Gasteiger partial charge is 0.393 e. The molecule has 164 valence electrons. The van der Waals surface area contributed by atoms with Gasteiger partial charge in [0.1, 0.15) is 0 Å². The van der Waals surface area contributed by atoms with E-state index < -0.39 is 0 Å². The molecule has 3 heteroatoms. The summed E-state index contributed by atoms with van der Waals surface area (Å²) in [5.41, 5.74) is 0. The minimum atomic E-state index is -0.107. The van der Waals surface area contributed by atoms with Gasteiger partial charge in [-0.3, -0.25) is 0 Å². The number of aliphatic hydroxyl groups is 1. The topological polar surface area (TPSA) is 38.7 Å². The maximum absolute atomic E-state index is 9.61.